The predicted molar refractivity (Wildman–Crippen MR) is 61.0 cm³/mol. The van der Waals surface area contributed by atoms with Crippen LogP contribution in [0.3, 0.4) is 0 Å². The van der Waals surface area contributed by atoms with Gasteiger partial charge in [-0.15, -0.1) is 0 Å². The Hall–Kier alpha value is -1.22. The van der Waals surface area contributed by atoms with Crippen molar-refractivity contribution in [2.75, 3.05) is 37.5 Å². The van der Waals surface area contributed by atoms with E-state index in [1.807, 2.05) is 32.3 Å². The Morgan fingerprint density at radius 3 is 2.64 bits per heavy atom. The summed E-state index contributed by atoms with van der Waals surface area (Å²) in [4.78, 5) is 2.07. The van der Waals surface area contributed by atoms with Crippen LogP contribution < -0.4 is 10.2 Å². The van der Waals surface area contributed by atoms with Crippen molar-refractivity contribution in [2.45, 2.75) is 6.42 Å². The van der Waals surface area contributed by atoms with Gasteiger partial charge in [0.05, 0.1) is 11.4 Å². The summed E-state index contributed by atoms with van der Waals surface area (Å²) in [7, 11) is 4.04. The summed E-state index contributed by atoms with van der Waals surface area (Å²) in [5, 5.41) is 12.0. The normalized spacial score (nSPS) is 9.93. The third kappa shape index (κ3) is 2.92. The standard InChI is InChI=1S/C11H18N2O/c1-13(2)11-7-4-3-6-10(11)12-8-5-9-14/h3-4,6-7,12,14H,5,8-9H2,1-2H3. The number of nitrogens with zero attached hydrogens (tertiary/aromatic N) is 1. The number of aliphatic hydroxyl groups is 1. The van der Waals surface area contributed by atoms with Crippen LogP contribution in [0.2, 0.25) is 0 Å². The third-order valence-corrected chi connectivity index (χ3v) is 2.04. The molecule has 0 saturated heterocycles. The molecule has 0 saturated carbocycles. The molecule has 0 atom stereocenters. The van der Waals surface area contributed by atoms with Crippen LogP contribution in [0, 0.1) is 0 Å². The van der Waals surface area contributed by atoms with E-state index in [1.54, 1.807) is 0 Å². The van der Waals surface area contributed by atoms with Crippen LogP contribution in [0.4, 0.5) is 11.4 Å². The highest BCUT2D eigenvalue weighted by atomic mass is 16.3. The van der Waals surface area contributed by atoms with Gasteiger partial charge in [0.1, 0.15) is 0 Å². The van der Waals surface area contributed by atoms with Gasteiger partial charge in [-0.05, 0) is 18.6 Å². The van der Waals surface area contributed by atoms with Crippen LogP contribution >= 0.6 is 0 Å². The van der Waals surface area contributed by atoms with Gasteiger partial charge in [-0.2, -0.15) is 0 Å². The molecule has 14 heavy (non-hydrogen) atoms. The van der Waals surface area contributed by atoms with Gasteiger partial charge in [-0.25, -0.2) is 0 Å². The third-order valence-electron chi connectivity index (χ3n) is 2.04. The van der Waals surface area contributed by atoms with E-state index in [-0.39, 0.29) is 6.61 Å². The molecule has 0 aromatic heterocycles. The van der Waals surface area contributed by atoms with Crippen molar-refractivity contribution in [1.29, 1.82) is 0 Å². The first kappa shape index (κ1) is 10.9. The molecule has 3 heteroatoms. The minimum absolute atomic E-state index is 0.233. The van der Waals surface area contributed by atoms with Crippen LogP contribution in [-0.4, -0.2) is 32.4 Å². The highest BCUT2D eigenvalue weighted by Crippen LogP contribution is 2.22. The van der Waals surface area contributed by atoms with E-state index in [0.29, 0.717) is 0 Å². The lowest BCUT2D eigenvalue weighted by molar-refractivity contribution is 0.292. The van der Waals surface area contributed by atoms with E-state index in [9.17, 15) is 0 Å². The van der Waals surface area contributed by atoms with Crippen LogP contribution in [0.25, 0.3) is 0 Å². The largest absolute Gasteiger partial charge is 0.396 e. The number of para-hydroxylation sites is 2. The van der Waals surface area contributed by atoms with E-state index in [1.165, 1.54) is 5.69 Å². The summed E-state index contributed by atoms with van der Waals surface area (Å²) in [5.41, 5.74) is 2.29. The molecule has 0 aliphatic heterocycles. The van der Waals surface area contributed by atoms with Crippen LogP contribution in [-0.2, 0) is 0 Å². The second-order valence-corrected chi connectivity index (χ2v) is 3.42. The van der Waals surface area contributed by atoms with Crippen molar-refractivity contribution in [3.05, 3.63) is 24.3 Å². The van der Waals surface area contributed by atoms with E-state index in [0.717, 1.165) is 18.7 Å². The molecular weight excluding hydrogens is 176 g/mol. The molecule has 0 aliphatic carbocycles. The lowest BCUT2D eigenvalue weighted by atomic mass is 10.2. The molecule has 0 bridgehead atoms. The number of benzene rings is 1. The summed E-state index contributed by atoms with van der Waals surface area (Å²) in [6, 6.07) is 8.15. The Morgan fingerprint density at radius 2 is 2.00 bits per heavy atom. The molecule has 0 radical (unpaired) electrons. The molecule has 0 amide bonds. The molecule has 0 aliphatic rings. The highest BCUT2D eigenvalue weighted by molar-refractivity contribution is 5.69. The van der Waals surface area contributed by atoms with Crippen LogP contribution in [0.1, 0.15) is 6.42 Å². The minimum Gasteiger partial charge on any atom is -0.396 e. The Labute approximate surface area is 85.4 Å². The second-order valence-electron chi connectivity index (χ2n) is 3.42. The molecule has 0 unspecified atom stereocenters. The molecule has 1 aromatic carbocycles. The number of aliphatic hydroxyl groups excluding tert-OH is 1. The molecule has 3 nitrogen and oxygen atoms in total. The first-order valence-electron chi connectivity index (χ1n) is 4.87. The molecule has 1 rings (SSSR count). The Morgan fingerprint density at radius 1 is 1.29 bits per heavy atom. The maximum atomic E-state index is 8.67. The van der Waals surface area contributed by atoms with E-state index >= 15 is 0 Å². The number of nitrogens with one attached hydrogen (secondary N) is 1. The van der Waals surface area contributed by atoms with E-state index < -0.39 is 0 Å². The fourth-order valence-corrected chi connectivity index (χ4v) is 1.32. The monoisotopic (exact) mass is 194 g/mol. The van der Waals surface area contributed by atoms with Crippen molar-refractivity contribution in [3.63, 3.8) is 0 Å². The minimum atomic E-state index is 0.233. The quantitative estimate of drug-likeness (QED) is 0.698. The molecular formula is C11H18N2O. The molecule has 0 heterocycles. The van der Waals surface area contributed by atoms with Gasteiger partial charge in [0, 0.05) is 27.2 Å². The Bertz CT molecular complexity index is 274. The zero-order valence-corrected chi connectivity index (χ0v) is 8.83. The van der Waals surface area contributed by atoms with Crippen molar-refractivity contribution in [3.8, 4) is 0 Å². The fraction of sp³-hybridized carbons (Fsp3) is 0.455. The van der Waals surface area contributed by atoms with Gasteiger partial charge in [0.15, 0.2) is 0 Å². The van der Waals surface area contributed by atoms with Crippen molar-refractivity contribution >= 4 is 11.4 Å². The van der Waals surface area contributed by atoms with E-state index in [2.05, 4.69) is 16.3 Å². The highest BCUT2D eigenvalue weighted by Gasteiger charge is 2.01. The van der Waals surface area contributed by atoms with E-state index in [4.69, 9.17) is 5.11 Å². The van der Waals surface area contributed by atoms with Gasteiger partial charge < -0.3 is 15.3 Å². The number of hydrogen-bond acceptors (Lipinski definition) is 3. The summed E-state index contributed by atoms with van der Waals surface area (Å²) in [6.07, 6.45) is 0.780. The van der Waals surface area contributed by atoms with Gasteiger partial charge in [-0.3, -0.25) is 0 Å². The summed E-state index contributed by atoms with van der Waals surface area (Å²) in [6.45, 7) is 1.04. The van der Waals surface area contributed by atoms with Crippen LogP contribution in [0.15, 0.2) is 24.3 Å². The number of rotatable bonds is 5. The number of anilines is 2. The SMILES string of the molecule is CN(C)c1ccccc1NCCCO. The predicted octanol–water partition coefficient (Wildman–Crippen LogP) is 1.55. The van der Waals surface area contributed by atoms with Gasteiger partial charge >= 0.3 is 0 Å². The second kappa shape index (κ2) is 5.50. The Balaban J connectivity index is 2.64. The average molecular weight is 194 g/mol. The number of hydrogen-bond donors (Lipinski definition) is 2. The first-order chi connectivity index (χ1) is 6.75. The molecule has 0 spiro atoms. The lowest BCUT2D eigenvalue weighted by Gasteiger charge is -2.18. The van der Waals surface area contributed by atoms with Gasteiger partial charge in [0.25, 0.3) is 0 Å². The summed E-state index contributed by atoms with van der Waals surface area (Å²) >= 11 is 0. The zero-order valence-electron chi connectivity index (χ0n) is 8.83. The van der Waals surface area contributed by atoms with Gasteiger partial charge in [0.2, 0.25) is 0 Å². The van der Waals surface area contributed by atoms with Gasteiger partial charge in [-0.1, -0.05) is 12.1 Å². The smallest absolute Gasteiger partial charge is 0.0596 e. The van der Waals surface area contributed by atoms with Crippen molar-refractivity contribution in [2.24, 2.45) is 0 Å². The summed E-state index contributed by atoms with van der Waals surface area (Å²) in [5.74, 6) is 0. The maximum absolute atomic E-state index is 8.67. The molecule has 1 aromatic rings. The van der Waals surface area contributed by atoms with Crippen LogP contribution in [0.5, 0.6) is 0 Å². The first-order valence-corrected chi connectivity index (χ1v) is 4.87. The Kier molecular flexibility index (Phi) is 4.26. The summed E-state index contributed by atoms with van der Waals surface area (Å²) < 4.78 is 0. The average Bonchev–Trinajstić information content (AvgIpc) is 2.19. The topological polar surface area (TPSA) is 35.5 Å². The fourth-order valence-electron chi connectivity index (χ4n) is 1.32. The maximum Gasteiger partial charge on any atom is 0.0596 e. The molecule has 2 N–H and O–H groups in total. The van der Waals surface area contributed by atoms with Crippen molar-refractivity contribution < 1.29 is 5.11 Å². The molecule has 78 valence electrons. The molecule has 0 fully saturated rings. The lowest BCUT2D eigenvalue weighted by Crippen LogP contribution is -2.12. The zero-order chi connectivity index (χ0) is 10.4. The van der Waals surface area contributed by atoms with Crippen molar-refractivity contribution in [1.82, 2.24) is 0 Å².